The summed E-state index contributed by atoms with van der Waals surface area (Å²) in [5.74, 6) is 2.37. The Morgan fingerprint density at radius 1 is 0.844 bits per heavy atom. The Morgan fingerprint density at radius 2 is 1.44 bits per heavy atom. The molecule has 3 unspecified atom stereocenters. The van der Waals surface area contributed by atoms with Crippen LogP contribution in [0.1, 0.15) is 55.7 Å². The lowest BCUT2D eigenvalue weighted by Gasteiger charge is -2.20. The van der Waals surface area contributed by atoms with E-state index in [0.717, 1.165) is 44.0 Å². The van der Waals surface area contributed by atoms with Crippen molar-refractivity contribution in [2.24, 2.45) is 0 Å². The maximum Gasteiger partial charge on any atom is 0.122 e. The van der Waals surface area contributed by atoms with Crippen LogP contribution in [0.2, 0.25) is 0 Å². The van der Waals surface area contributed by atoms with E-state index in [1.54, 1.807) is 0 Å². The standard InChI is InChI=1S/C28H32O4/c1-3-19(2)27-14-23(10-13-28(27)32-18-26-17-31-26)22-6-4-20(5-7-22)21-8-11-24(12-9-21)29-15-25-16-30-25/h4,6,8-14,19,25-26H,3,5,7,15-18H2,1-2H3. The topological polar surface area (TPSA) is 43.5 Å². The van der Waals surface area contributed by atoms with E-state index in [1.807, 2.05) is 0 Å². The van der Waals surface area contributed by atoms with E-state index in [0.29, 0.717) is 19.1 Å². The van der Waals surface area contributed by atoms with Gasteiger partial charge in [-0.25, -0.2) is 0 Å². The van der Waals surface area contributed by atoms with Gasteiger partial charge in [-0.15, -0.1) is 0 Å². The third-order valence-electron chi connectivity index (χ3n) is 6.56. The summed E-state index contributed by atoms with van der Waals surface area (Å²) in [6.45, 7) is 7.45. The lowest BCUT2D eigenvalue weighted by molar-refractivity contribution is 0.260. The van der Waals surface area contributed by atoms with Crippen LogP contribution in [0.15, 0.2) is 54.6 Å². The van der Waals surface area contributed by atoms with Gasteiger partial charge in [-0.05, 0) is 77.3 Å². The zero-order valence-corrected chi connectivity index (χ0v) is 19.0. The first-order chi connectivity index (χ1) is 15.7. The molecule has 32 heavy (non-hydrogen) atoms. The first kappa shape index (κ1) is 21.3. The molecule has 0 N–H and O–H groups in total. The number of allylic oxidation sites excluding steroid dienone is 4. The molecule has 168 valence electrons. The van der Waals surface area contributed by atoms with Crippen LogP contribution in [-0.4, -0.2) is 38.6 Å². The summed E-state index contributed by atoms with van der Waals surface area (Å²) in [7, 11) is 0. The van der Waals surface area contributed by atoms with Gasteiger partial charge in [0.05, 0.1) is 13.2 Å². The van der Waals surface area contributed by atoms with E-state index < -0.39 is 0 Å². The second-order valence-electron chi connectivity index (χ2n) is 9.00. The number of epoxide rings is 2. The molecule has 1 aliphatic carbocycles. The van der Waals surface area contributed by atoms with Crippen molar-refractivity contribution in [3.63, 3.8) is 0 Å². The summed E-state index contributed by atoms with van der Waals surface area (Å²) in [5, 5.41) is 0. The second kappa shape index (κ2) is 9.51. The third kappa shape index (κ3) is 5.25. The molecule has 2 saturated heterocycles. The summed E-state index contributed by atoms with van der Waals surface area (Å²) in [6, 6.07) is 15.1. The van der Waals surface area contributed by atoms with Gasteiger partial charge in [-0.2, -0.15) is 0 Å². The van der Waals surface area contributed by atoms with Gasteiger partial charge in [-0.3, -0.25) is 0 Å². The predicted octanol–water partition coefficient (Wildman–Crippen LogP) is 6.02. The molecule has 2 aliphatic heterocycles. The number of rotatable bonds is 10. The molecule has 4 heteroatoms. The Bertz CT molecular complexity index is 997. The molecule has 2 aromatic carbocycles. The summed E-state index contributed by atoms with van der Waals surface area (Å²) in [6.07, 6.45) is 8.28. The fraction of sp³-hybridized carbons (Fsp3) is 0.429. The normalized spacial score (nSPS) is 22.6. The van der Waals surface area contributed by atoms with Crippen molar-refractivity contribution in [2.75, 3.05) is 26.4 Å². The largest absolute Gasteiger partial charge is 0.491 e. The highest BCUT2D eigenvalue weighted by Crippen LogP contribution is 2.36. The fourth-order valence-electron chi connectivity index (χ4n) is 4.07. The van der Waals surface area contributed by atoms with E-state index in [4.69, 9.17) is 18.9 Å². The van der Waals surface area contributed by atoms with Crippen LogP contribution in [0, 0.1) is 0 Å². The van der Waals surface area contributed by atoms with Crippen molar-refractivity contribution in [1.29, 1.82) is 0 Å². The lowest BCUT2D eigenvalue weighted by atomic mass is 9.88. The molecule has 0 spiro atoms. The van der Waals surface area contributed by atoms with Crippen molar-refractivity contribution in [3.8, 4) is 11.5 Å². The Morgan fingerprint density at radius 3 is 2.03 bits per heavy atom. The maximum atomic E-state index is 6.07. The zero-order chi connectivity index (χ0) is 21.9. The van der Waals surface area contributed by atoms with E-state index in [2.05, 4.69) is 68.5 Å². The molecular formula is C28H32O4. The summed E-state index contributed by atoms with van der Waals surface area (Å²) in [5.41, 5.74) is 6.63. The van der Waals surface area contributed by atoms with Crippen LogP contribution in [0.25, 0.3) is 11.1 Å². The Kier molecular flexibility index (Phi) is 6.33. The molecular weight excluding hydrogens is 400 g/mol. The van der Waals surface area contributed by atoms with Crippen molar-refractivity contribution >= 4 is 11.1 Å². The Balaban J connectivity index is 1.29. The molecule has 3 aliphatic rings. The van der Waals surface area contributed by atoms with Gasteiger partial charge in [0, 0.05) is 0 Å². The minimum Gasteiger partial charge on any atom is -0.491 e. The van der Waals surface area contributed by atoms with Crippen molar-refractivity contribution < 1.29 is 18.9 Å². The summed E-state index contributed by atoms with van der Waals surface area (Å²) in [4.78, 5) is 0. The van der Waals surface area contributed by atoms with Crippen molar-refractivity contribution in [2.45, 2.75) is 51.2 Å². The number of hydrogen-bond acceptors (Lipinski definition) is 4. The smallest absolute Gasteiger partial charge is 0.122 e. The van der Waals surface area contributed by atoms with E-state index in [-0.39, 0.29) is 12.2 Å². The van der Waals surface area contributed by atoms with Gasteiger partial charge in [0.25, 0.3) is 0 Å². The molecule has 0 bridgehead atoms. The lowest BCUT2D eigenvalue weighted by Crippen LogP contribution is -2.07. The molecule has 3 atom stereocenters. The highest BCUT2D eigenvalue weighted by Gasteiger charge is 2.24. The average Bonchev–Trinajstić information content (AvgIpc) is 3.77. The average molecular weight is 433 g/mol. The van der Waals surface area contributed by atoms with Crippen molar-refractivity contribution in [3.05, 3.63) is 71.3 Å². The molecule has 0 saturated carbocycles. The summed E-state index contributed by atoms with van der Waals surface area (Å²) >= 11 is 0. The van der Waals surface area contributed by atoms with Crippen molar-refractivity contribution in [1.82, 2.24) is 0 Å². The summed E-state index contributed by atoms with van der Waals surface area (Å²) < 4.78 is 22.3. The molecule has 2 fully saturated rings. The first-order valence-corrected chi connectivity index (χ1v) is 11.8. The quantitative estimate of drug-likeness (QED) is 0.431. The number of hydrogen-bond donors (Lipinski definition) is 0. The van der Waals surface area contributed by atoms with E-state index in [9.17, 15) is 0 Å². The zero-order valence-electron chi connectivity index (χ0n) is 19.0. The SMILES string of the molecule is CCC(C)c1cc(C2=CC=C(c3ccc(OCC4CO4)cc3)CC2)ccc1OCC1CO1. The van der Waals surface area contributed by atoms with E-state index >= 15 is 0 Å². The Hall–Kier alpha value is -2.56. The highest BCUT2D eigenvalue weighted by molar-refractivity contribution is 5.78. The second-order valence-corrected chi connectivity index (χ2v) is 9.00. The maximum absolute atomic E-state index is 6.07. The first-order valence-electron chi connectivity index (χ1n) is 11.8. The molecule has 4 nitrogen and oxygen atoms in total. The molecule has 2 heterocycles. The monoisotopic (exact) mass is 432 g/mol. The van der Waals surface area contributed by atoms with E-state index in [1.165, 1.54) is 27.8 Å². The van der Waals surface area contributed by atoms with Gasteiger partial charge < -0.3 is 18.9 Å². The molecule has 5 rings (SSSR count). The Labute approximate surface area is 190 Å². The number of benzene rings is 2. The van der Waals surface area contributed by atoms with Gasteiger partial charge in [-0.1, -0.05) is 44.2 Å². The molecule has 2 aromatic rings. The third-order valence-corrected chi connectivity index (χ3v) is 6.56. The molecule has 0 amide bonds. The molecule has 0 radical (unpaired) electrons. The van der Waals surface area contributed by atoms with Crippen LogP contribution in [0.4, 0.5) is 0 Å². The van der Waals surface area contributed by atoms with Gasteiger partial charge in [0.15, 0.2) is 0 Å². The van der Waals surface area contributed by atoms with Crippen LogP contribution in [0.3, 0.4) is 0 Å². The van der Waals surface area contributed by atoms with Crippen LogP contribution in [-0.2, 0) is 9.47 Å². The van der Waals surface area contributed by atoms with Gasteiger partial charge >= 0.3 is 0 Å². The minimum absolute atomic E-state index is 0.275. The van der Waals surface area contributed by atoms with Crippen LogP contribution >= 0.6 is 0 Å². The minimum atomic E-state index is 0.275. The molecule has 0 aromatic heterocycles. The number of ether oxygens (including phenoxy) is 4. The van der Waals surface area contributed by atoms with Crippen LogP contribution < -0.4 is 9.47 Å². The van der Waals surface area contributed by atoms with Gasteiger partial charge in [0.1, 0.15) is 36.9 Å². The highest BCUT2D eigenvalue weighted by atomic mass is 16.6. The van der Waals surface area contributed by atoms with Gasteiger partial charge in [0.2, 0.25) is 0 Å². The predicted molar refractivity (Wildman–Crippen MR) is 127 cm³/mol. The van der Waals surface area contributed by atoms with Crippen LogP contribution in [0.5, 0.6) is 11.5 Å². The fourth-order valence-corrected chi connectivity index (χ4v) is 4.07.